The van der Waals surface area contributed by atoms with E-state index < -0.39 is 0 Å². The van der Waals surface area contributed by atoms with Crippen molar-refractivity contribution in [2.45, 2.75) is 39.2 Å². The second-order valence-corrected chi connectivity index (χ2v) is 5.37. The van der Waals surface area contributed by atoms with Crippen LogP contribution in [-0.4, -0.2) is 37.4 Å². The van der Waals surface area contributed by atoms with Crippen molar-refractivity contribution in [3.05, 3.63) is 0 Å². The summed E-state index contributed by atoms with van der Waals surface area (Å²) in [4.78, 5) is 6.86. The molecule has 1 fully saturated rings. The van der Waals surface area contributed by atoms with Crippen LogP contribution in [0.4, 0.5) is 0 Å². The first-order chi connectivity index (χ1) is 6.99. The molecule has 0 spiro atoms. The molecular formula is C12H25N3. The minimum atomic E-state index is 0.376. The topological polar surface area (TPSA) is 41.6 Å². The smallest absolute Gasteiger partial charge is 0.0972 e. The van der Waals surface area contributed by atoms with Gasteiger partial charge in [0.05, 0.1) is 11.9 Å². The van der Waals surface area contributed by atoms with Crippen LogP contribution in [0, 0.1) is 11.8 Å². The van der Waals surface area contributed by atoms with Crippen LogP contribution in [0.2, 0.25) is 0 Å². The van der Waals surface area contributed by atoms with Crippen molar-refractivity contribution in [2.24, 2.45) is 22.6 Å². The molecule has 0 heterocycles. The fourth-order valence-electron chi connectivity index (χ4n) is 1.83. The molecule has 3 heteroatoms. The van der Waals surface area contributed by atoms with Crippen LogP contribution in [0.5, 0.6) is 0 Å². The van der Waals surface area contributed by atoms with E-state index in [2.05, 4.69) is 37.8 Å². The second kappa shape index (κ2) is 5.50. The van der Waals surface area contributed by atoms with Gasteiger partial charge in [-0.2, -0.15) is 0 Å². The predicted molar refractivity (Wildman–Crippen MR) is 66.1 cm³/mol. The summed E-state index contributed by atoms with van der Waals surface area (Å²) in [7, 11) is 4.19. The number of nitrogens with zero attached hydrogens (tertiary/aromatic N) is 2. The third kappa shape index (κ3) is 5.17. The number of likely N-dealkylation sites (N-methyl/N-ethyl adjacent to an activating group) is 1. The van der Waals surface area contributed by atoms with Crippen LogP contribution in [0.15, 0.2) is 4.99 Å². The lowest BCUT2D eigenvalue weighted by Crippen LogP contribution is -2.29. The molecule has 0 bridgehead atoms. The van der Waals surface area contributed by atoms with E-state index in [0.717, 1.165) is 18.8 Å². The lowest BCUT2D eigenvalue weighted by atomic mass is 10.0. The highest BCUT2D eigenvalue weighted by atomic mass is 15.1. The van der Waals surface area contributed by atoms with Crippen molar-refractivity contribution < 1.29 is 0 Å². The zero-order chi connectivity index (χ0) is 11.4. The number of hydrogen-bond donors (Lipinski definition) is 1. The maximum absolute atomic E-state index is 5.96. The molecule has 0 saturated heterocycles. The Balaban J connectivity index is 2.50. The predicted octanol–water partition coefficient (Wildman–Crippen LogP) is 1.73. The Kier molecular flexibility index (Phi) is 4.58. The van der Waals surface area contributed by atoms with E-state index in [-0.39, 0.29) is 0 Å². The van der Waals surface area contributed by atoms with Gasteiger partial charge in [0.15, 0.2) is 0 Å². The number of hydrogen-bond acceptors (Lipinski definition) is 2. The lowest BCUT2D eigenvalue weighted by molar-refractivity contribution is 0.345. The van der Waals surface area contributed by atoms with Gasteiger partial charge in [0.1, 0.15) is 0 Å². The number of rotatable bonds is 6. The molecule has 1 saturated carbocycles. The number of amidine groups is 1. The minimum Gasteiger partial charge on any atom is -0.387 e. The van der Waals surface area contributed by atoms with E-state index in [4.69, 9.17) is 5.73 Å². The van der Waals surface area contributed by atoms with Gasteiger partial charge in [-0.05, 0) is 39.3 Å². The molecule has 0 radical (unpaired) electrons. The van der Waals surface area contributed by atoms with Gasteiger partial charge in [-0.1, -0.05) is 13.8 Å². The van der Waals surface area contributed by atoms with Crippen LogP contribution in [0.25, 0.3) is 0 Å². The van der Waals surface area contributed by atoms with Gasteiger partial charge in [-0.15, -0.1) is 0 Å². The van der Waals surface area contributed by atoms with Crippen molar-refractivity contribution in [3.63, 3.8) is 0 Å². The first-order valence-corrected chi connectivity index (χ1v) is 5.97. The molecule has 0 aliphatic heterocycles. The molecule has 2 N–H and O–H groups in total. The van der Waals surface area contributed by atoms with Gasteiger partial charge in [0.25, 0.3) is 0 Å². The van der Waals surface area contributed by atoms with Gasteiger partial charge < -0.3 is 10.6 Å². The van der Waals surface area contributed by atoms with E-state index in [9.17, 15) is 0 Å². The molecule has 1 aliphatic carbocycles. The quantitative estimate of drug-likeness (QED) is 0.537. The molecule has 1 unspecified atom stereocenters. The number of aliphatic imine (C=N–C) groups is 1. The molecular weight excluding hydrogens is 186 g/mol. The fourth-order valence-corrected chi connectivity index (χ4v) is 1.83. The second-order valence-electron chi connectivity index (χ2n) is 5.37. The molecule has 15 heavy (non-hydrogen) atoms. The Morgan fingerprint density at radius 1 is 1.40 bits per heavy atom. The first-order valence-electron chi connectivity index (χ1n) is 5.97. The van der Waals surface area contributed by atoms with E-state index in [1.807, 2.05) is 0 Å². The summed E-state index contributed by atoms with van der Waals surface area (Å²) in [6, 6.07) is 0.376. The lowest BCUT2D eigenvalue weighted by Gasteiger charge is -2.20. The molecule has 1 atom stereocenters. The summed E-state index contributed by atoms with van der Waals surface area (Å²) in [5.74, 6) is 2.18. The van der Waals surface area contributed by atoms with Gasteiger partial charge >= 0.3 is 0 Å². The Bertz CT molecular complexity index is 207. The van der Waals surface area contributed by atoms with E-state index in [1.165, 1.54) is 12.8 Å². The SMILES string of the molecule is CC(C)CC(CN(C)C)N=C(N)C1CC1. The third-order valence-corrected chi connectivity index (χ3v) is 2.65. The molecule has 88 valence electrons. The minimum absolute atomic E-state index is 0.376. The van der Waals surface area contributed by atoms with Crippen molar-refractivity contribution >= 4 is 5.84 Å². The summed E-state index contributed by atoms with van der Waals surface area (Å²) in [6.07, 6.45) is 3.61. The average Bonchev–Trinajstić information content (AvgIpc) is 2.81. The molecule has 0 amide bonds. The normalized spacial score (nSPS) is 20.0. The third-order valence-electron chi connectivity index (χ3n) is 2.65. The monoisotopic (exact) mass is 211 g/mol. The van der Waals surface area contributed by atoms with Crippen molar-refractivity contribution in [2.75, 3.05) is 20.6 Å². The first kappa shape index (κ1) is 12.5. The summed E-state index contributed by atoms with van der Waals surface area (Å²) < 4.78 is 0. The highest BCUT2D eigenvalue weighted by molar-refractivity contribution is 5.85. The van der Waals surface area contributed by atoms with Crippen LogP contribution in [0.1, 0.15) is 33.1 Å². The van der Waals surface area contributed by atoms with Crippen LogP contribution >= 0.6 is 0 Å². The van der Waals surface area contributed by atoms with E-state index in [1.54, 1.807) is 0 Å². The average molecular weight is 211 g/mol. The van der Waals surface area contributed by atoms with Crippen molar-refractivity contribution in [1.82, 2.24) is 4.90 Å². The van der Waals surface area contributed by atoms with Gasteiger partial charge in [-0.25, -0.2) is 0 Å². The van der Waals surface area contributed by atoms with Crippen LogP contribution in [-0.2, 0) is 0 Å². The van der Waals surface area contributed by atoms with Gasteiger partial charge in [-0.3, -0.25) is 4.99 Å². The molecule has 1 rings (SSSR count). The number of nitrogens with two attached hydrogens (primary N) is 1. The Hall–Kier alpha value is -0.570. The maximum atomic E-state index is 5.96. The Labute approximate surface area is 93.7 Å². The zero-order valence-electron chi connectivity index (χ0n) is 10.5. The fraction of sp³-hybridized carbons (Fsp3) is 0.917. The van der Waals surface area contributed by atoms with Crippen LogP contribution < -0.4 is 5.73 Å². The molecule has 0 aromatic heterocycles. The summed E-state index contributed by atoms with van der Waals surface area (Å²) in [5, 5.41) is 0. The summed E-state index contributed by atoms with van der Waals surface area (Å²) >= 11 is 0. The molecule has 1 aliphatic rings. The van der Waals surface area contributed by atoms with E-state index >= 15 is 0 Å². The maximum Gasteiger partial charge on any atom is 0.0972 e. The Morgan fingerprint density at radius 3 is 2.40 bits per heavy atom. The highest BCUT2D eigenvalue weighted by Crippen LogP contribution is 2.29. The van der Waals surface area contributed by atoms with Crippen molar-refractivity contribution in [3.8, 4) is 0 Å². The Morgan fingerprint density at radius 2 is 2.00 bits per heavy atom. The largest absolute Gasteiger partial charge is 0.387 e. The molecule has 0 aromatic rings. The van der Waals surface area contributed by atoms with Gasteiger partial charge in [0, 0.05) is 12.5 Å². The molecule has 0 aromatic carbocycles. The van der Waals surface area contributed by atoms with Gasteiger partial charge in [0.2, 0.25) is 0 Å². The molecule has 3 nitrogen and oxygen atoms in total. The standard InChI is InChI=1S/C12H25N3/c1-9(2)7-11(8-15(3)4)14-12(13)10-5-6-10/h9-11H,5-8H2,1-4H3,(H2,13,14). The van der Waals surface area contributed by atoms with E-state index in [0.29, 0.717) is 17.9 Å². The van der Waals surface area contributed by atoms with Crippen LogP contribution in [0.3, 0.4) is 0 Å². The summed E-state index contributed by atoms with van der Waals surface area (Å²) in [6.45, 7) is 5.49. The zero-order valence-corrected chi connectivity index (χ0v) is 10.5. The summed E-state index contributed by atoms with van der Waals surface area (Å²) in [5.41, 5.74) is 5.96. The van der Waals surface area contributed by atoms with Crippen molar-refractivity contribution in [1.29, 1.82) is 0 Å². The highest BCUT2D eigenvalue weighted by Gasteiger charge is 2.26.